The summed E-state index contributed by atoms with van der Waals surface area (Å²) in [5, 5.41) is 11.1. The molecule has 0 fully saturated rings. The van der Waals surface area contributed by atoms with Crippen LogP contribution >= 0.6 is 0 Å². The zero-order valence-electron chi connectivity index (χ0n) is 12.6. The summed E-state index contributed by atoms with van der Waals surface area (Å²) in [6.07, 6.45) is 0. The van der Waals surface area contributed by atoms with E-state index < -0.39 is 0 Å². The molecule has 112 valence electrons. The molecule has 2 aromatic heterocycles. The van der Waals surface area contributed by atoms with Crippen LogP contribution in [0.4, 0.5) is 5.82 Å². The van der Waals surface area contributed by atoms with Crippen molar-refractivity contribution in [1.82, 2.24) is 14.9 Å². The molecule has 3 aromatic rings. The minimum atomic E-state index is -0.263. The minimum absolute atomic E-state index is 0.263. The summed E-state index contributed by atoms with van der Waals surface area (Å²) in [5.74, 6) is 0.845. The van der Waals surface area contributed by atoms with Crippen molar-refractivity contribution in [3.63, 3.8) is 0 Å². The SMILES string of the molecule is Cc1cc(NC(=O)c2c(-c3ccccc3)noc2C)n(C)n1. The molecule has 1 N–H and O–H groups in total. The Labute approximate surface area is 127 Å². The topological polar surface area (TPSA) is 73.0 Å². The molecule has 0 aliphatic heterocycles. The van der Waals surface area contributed by atoms with E-state index in [9.17, 15) is 4.79 Å². The van der Waals surface area contributed by atoms with Crippen molar-refractivity contribution in [2.45, 2.75) is 13.8 Å². The molecule has 6 nitrogen and oxygen atoms in total. The molecule has 0 unspecified atom stereocenters. The highest BCUT2D eigenvalue weighted by molar-refractivity contribution is 6.08. The van der Waals surface area contributed by atoms with Crippen molar-refractivity contribution >= 4 is 11.7 Å². The number of nitrogens with one attached hydrogen (secondary N) is 1. The van der Waals surface area contributed by atoms with E-state index in [0.717, 1.165) is 11.3 Å². The van der Waals surface area contributed by atoms with Crippen LogP contribution in [0.3, 0.4) is 0 Å². The molecule has 3 rings (SSSR count). The molecule has 0 saturated heterocycles. The average Bonchev–Trinajstić information content (AvgIpc) is 3.02. The Morgan fingerprint density at radius 1 is 1.23 bits per heavy atom. The number of nitrogens with zero attached hydrogens (tertiary/aromatic N) is 3. The molecule has 1 amide bonds. The van der Waals surface area contributed by atoms with Crippen molar-refractivity contribution < 1.29 is 9.32 Å². The maximum absolute atomic E-state index is 12.6. The lowest BCUT2D eigenvalue weighted by Crippen LogP contribution is -2.15. The predicted molar refractivity (Wildman–Crippen MR) is 82.6 cm³/mol. The largest absolute Gasteiger partial charge is 0.360 e. The Hall–Kier alpha value is -2.89. The van der Waals surface area contributed by atoms with E-state index in [0.29, 0.717) is 22.8 Å². The molecule has 0 bridgehead atoms. The van der Waals surface area contributed by atoms with Crippen LogP contribution in [0.1, 0.15) is 21.8 Å². The molecule has 0 aliphatic carbocycles. The van der Waals surface area contributed by atoms with Gasteiger partial charge in [-0.1, -0.05) is 35.5 Å². The molecule has 2 heterocycles. The second-order valence-corrected chi connectivity index (χ2v) is 5.08. The summed E-state index contributed by atoms with van der Waals surface area (Å²) in [6.45, 7) is 3.60. The Balaban J connectivity index is 1.96. The zero-order chi connectivity index (χ0) is 15.7. The predicted octanol–water partition coefficient (Wildman–Crippen LogP) is 2.94. The number of carbonyl (C=O) groups excluding carboxylic acids is 1. The number of anilines is 1. The van der Waals surface area contributed by atoms with Crippen molar-refractivity contribution in [2.24, 2.45) is 7.05 Å². The lowest BCUT2D eigenvalue weighted by atomic mass is 10.1. The number of hydrogen-bond acceptors (Lipinski definition) is 4. The summed E-state index contributed by atoms with van der Waals surface area (Å²) in [4.78, 5) is 12.6. The van der Waals surface area contributed by atoms with Gasteiger partial charge in [0.1, 0.15) is 22.8 Å². The normalized spacial score (nSPS) is 10.7. The first-order chi connectivity index (χ1) is 10.6. The fourth-order valence-electron chi connectivity index (χ4n) is 2.34. The smallest absolute Gasteiger partial charge is 0.262 e. The van der Waals surface area contributed by atoms with Crippen LogP contribution < -0.4 is 5.32 Å². The Kier molecular flexibility index (Phi) is 3.50. The van der Waals surface area contributed by atoms with E-state index >= 15 is 0 Å². The van der Waals surface area contributed by atoms with Crippen molar-refractivity contribution in [3.05, 3.63) is 53.4 Å². The Morgan fingerprint density at radius 3 is 2.59 bits per heavy atom. The number of rotatable bonds is 3. The number of aromatic nitrogens is 3. The van der Waals surface area contributed by atoms with Gasteiger partial charge in [0.25, 0.3) is 5.91 Å². The highest BCUT2D eigenvalue weighted by atomic mass is 16.5. The van der Waals surface area contributed by atoms with E-state index in [1.807, 2.05) is 43.3 Å². The van der Waals surface area contributed by atoms with Gasteiger partial charge >= 0.3 is 0 Å². The van der Waals surface area contributed by atoms with E-state index in [1.54, 1.807) is 18.7 Å². The molecule has 1 aromatic carbocycles. The van der Waals surface area contributed by atoms with Crippen LogP contribution in [0.2, 0.25) is 0 Å². The number of aryl methyl sites for hydroxylation is 3. The van der Waals surface area contributed by atoms with Crippen LogP contribution in [0.25, 0.3) is 11.3 Å². The van der Waals surface area contributed by atoms with Gasteiger partial charge in [-0.25, -0.2) is 0 Å². The van der Waals surface area contributed by atoms with Gasteiger partial charge in [-0.3, -0.25) is 9.48 Å². The molecular formula is C16H16N4O2. The first kappa shape index (κ1) is 14.1. The zero-order valence-corrected chi connectivity index (χ0v) is 12.6. The van der Waals surface area contributed by atoms with Gasteiger partial charge < -0.3 is 9.84 Å². The van der Waals surface area contributed by atoms with E-state index in [2.05, 4.69) is 15.6 Å². The standard InChI is InChI=1S/C16H16N4O2/c1-10-9-13(20(3)18-10)17-16(21)14-11(2)22-19-15(14)12-7-5-4-6-8-12/h4-9H,1-3H3,(H,17,21). The summed E-state index contributed by atoms with van der Waals surface area (Å²) in [7, 11) is 1.78. The van der Waals surface area contributed by atoms with Gasteiger partial charge in [0.2, 0.25) is 0 Å². The van der Waals surface area contributed by atoms with Crippen LogP contribution in [0, 0.1) is 13.8 Å². The monoisotopic (exact) mass is 296 g/mol. The quantitative estimate of drug-likeness (QED) is 0.806. The lowest BCUT2D eigenvalue weighted by Gasteiger charge is -2.05. The van der Waals surface area contributed by atoms with Crippen LogP contribution in [-0.2, 0) is 7.05 Å². The summed E-state index contributed by atoms with van der Waals surface area (Å²) < 4.78 is 6.83. The van der Waals surface area contributed by atoms with Crippen LogP contribution in [-0.4, -0.2) is 20.8 Å². The van der Waals surface area contributed by atoms with Crippen LogP contribution in [0.15, 0.2) is 40.9 Å². The minimum Gasteiger partial charge on any atom is -0.360 e. The third-order valence-electron chi connectivity index (χ3n) is 3.38. The summed E-state index contributed by atoms with van der Waals surface area (Å²) in [6, 6.07) is 11.3. The van der Waals surface area contributed by atoms with E-state index in [4.69, 9.17) is 4.52 Å². The fourth-order valence-corrected chi connectivity index (χ4v) is 2.34. The molecule has 22 heavy (non-hydrogen) atoms. The maximum atomic E-state index is 12.6. The highest BCUT2D eigenvalue weighted by Gasteiger charge is 2.22. The molecule has 0 aliphatic rings. The Morgan fingerprint density at radius 2 is 1.95 bits per heavy atom. The number of hydrogen-bond donors (Lipinski definition) is 1. The van der Waals surface area contributed by atoms with Gasteiger partial charge in [0.05, 0.1) is 5.69 Å². The van der Waals surface area contributed by atoms with Crippen molar-refractivity contribution in [1.29, 1.82) is 0 Å². The maximum Gasteiger partial charge on any atom is 0.262 e. The third-order valence-corrected chi connectivity index (χ3v) is 3.38. The highest BCUT2D eigenvalue weighted by Crippen LogP contribution is 2.25. The van der Waals surface area contributed by atoms with Gasteiger partial charge in [-0.15, -0.1) is 0 Å². The average molecular weight is 296 g/mol. The number of carbonyl (C=O) groups is 1. The lowest BCUT2D eigenvalue weighted by molar-refractivity contribution is 0.102. The molecule has 0 spiro atoms. The van der Waals surface area contributed by atoms with Crippen molar-refractivity contribution in [2.75, 3.05) is 5.32 Å². The van der Waals surface area contributed by atoms with Gasteiger partial charge in [-0.05, 0) is 13.8 Å². The molecule has 0 saturated carbocycles. The third kappa shape index (κ3) is 2.50. The summed E-state index contributed by atoms with van der Waals surface area (Å²) in [5.41, 5.74) is 2.65. The fraction of sp³-hybridized carbons (Fsp3) is 0.188. The molecule has 6 heteroatoms. The van der Waals surface area contributed by atoms with Gasteiger partial charge in [-0.2, -0.15) is 5.10 Å². The number of amides is 1. The van der Waals surface area contributed by atoms with Crippen LogP contribution in [0.5, 0.6) is 0 Å². The van der Waals surface area contributed by atoms with E-state index in [-0.39, 0.29) is 5.91 Å². The number of benzene rings is 1. The van der Waals surface area contributed by atoms with Gasteiger partial charge in [0, 0.05) is 18.7 Å². The second-order valence-electron chi connectivity index (χ2n) is 5.08. The first-order valence-electron chi connectivity index (χ1n) is 6.90. The Bertz CT molecular complexity index is 818. The first-order valence-corrected chi connectivity index (χ1v) is 6.90. The van der Waals surface area contributed by atoms with Crippen molar-refractivity contribution in [3.8, 4) is 11.3 Å². The second kappa shape index (κ2) is 5.48. The summed E-state index contributed by atoms with van der Waals surface area (Å²) >= 11 is 0. The molecular weight excluding hydrogens is 280 g/mol. The molecule has 0 atom stereocenters. The molecule has 0 radical (unpaired) electrons. The van der Waals surface area contributed by atoms with E-state index in [1.165, 1.54) is 0 Å². The van der Waals surface area contributed by atoms with Gasteiger partial charge in [0.15, 0.2) is 0 Å².